The van der Waals surface area contributed by atoms with E-state index in [-0.39, 0.29) is 6.09 Å². The highest BCUT2D eigenvalue weighted by atomic mass is 79.9. The lowest BCUT2D eigenvalue weighted by molar-refractivity contribution is 0.0526. The van der Waals surface area contributed by atoms with E-state index in [0.717, 1.165) is 23.9 Å². The van der Waals surface area contributed by atoms with Gasteiger partial charge >= 0.3 is 6.09 Å². The first-order valence-corrected chi connectivity index (χ1v) is 8.27. The molecule has 1 amide bonds. The lowest BCUT2D eigenvalue weighted by Gasteiger charge is -2.19. The van der Waals surface area contributed by atoms with Gasteiger partial charge in [-0.1, -0.05) is 28.1 Å². The Morgan fingerprint density at radius 3 is 2.43 bits per heavy atom. The molecular weight excluding hydrogens is 334 g/mol. The highest BCUT2D eigenvalue weighted by molar-refractivity contribution is 9.08. The molecule has 0 aromatic heterocycles. The molecule has 0 aliphatic rings. The van der Waals surface area contributed by atoms with Crippen LogP contribution in [0.2, 0.25) is 0 Å². The van der Waals surface area contributed by atoms with Crippen molar-refractivity contribution in [1.82, 2.24) is 5.32 Å². The van der Waals surface area contributed by atoms with Crippen LogP contribution in [0.4, 0.5) is 4.79 Å². The number of hydrogen-bond acceptors (Lipinski definition) is 3. The number of rotatable bonds is 7. The molecule has 118 valence electrons. The molecule has 0 saturated heterocycles. The van der Waals surface area contributed by atoms with Crippen LogP contribution in [0.5, 0.6) is 5.75 Å². The van der Waals surface area contributed by atoms with Crippen LogP contribution in [0, 0.1) is 0 Å². The Balaban J connectivity index is 2.07. The zero-order valence-electron chi connectivity index (χ0n) is 12.9. The predicted octanol–water partition coefficient (Wildman–Crippen LogP) is 4.27. The number of benzene rings is 1. The summed E-state index contributed by atoms with van der Waals surface area (Å²) in [4.78, 5) is 11.4. The molecule has 21 heavy (non-hydrogen) atoms. The highest BCUT2D eigenvalue weighted by Crippen LogP contribution is 2.14. The molecule has 5 heteroatoms. The number of carbonyl (C=O) groups excluding carboxylic acids is 1. The summed E-state index contributed by atoms with van der Waals surface area (Å²) >= 11 is 3.41. The first-order chi connectivity index (χ1) is 9.90. The topological polar surface area (TPSA) is 47.6 Å². The normalized spacial score (nSPS) is 11.0. The van der Waals surface area contributed by atoms with E-state index < -0.39 is 5.60 Å². The van der Waals surface area contributed by atoms with Crippen LogP contribution < -0.4 is 10.1 Å². The molecule has 0 heterocycles. The molecular formula is C16H24BrNO3. The number of carbonyl (C=O) groups is 1. The number of ether oxygens (including phenoxy) is 2. The van der Waals surface area contributed by atoms with Crippen LogP contribution in [0.25, 0.3) is 0 Å². The second-order valence-electron chi connectivity index (χ2n) is 5.76. The van der Waals surface area contributed by atoms with Crippen molar-refractivity contribution in [3.8, 4) is 5.75 Å². The highest BCUT2D eigenvalue weighted by Gasteiger charge is 2.15. The lowest BCUT2D eigenvalue weighted by atomic mass is 10.2. The van der Waals surface area contributed by atoms with Gasteiger partial charge in [-0.25, -0.2) is 4.79 Å². The number of unbranched alkanes of at least 4 members (excludes halogenated alkanes) is 1. The number of nitrogens with one attached hydrogen (secondary N) is 1. The van der Waals surface area contributed by atoms with Crippen LogP contribution in [0.1, 0.15) is 39.2 Å². The van der Waals surface area contributed by atoms with Gasteiger partial charge in [-0.3, -0.25) is 0 Å². The van der Waals surface area contributed by atoms with Gasteiger partial charge in [-0.2, -0.15) is 0 Å². The molecule has 0 unspecified atom stereocenters. The van der Waals surface area contributed by atoms with Crippen molar-refractivity contribution < 1.29 is 14.3 Å². The van der Waals surface area contributed by atoms with Crippen molar-refractivity contribution in [2.75, 3.05) is 13.2 Å². The number of halogens is 1. The number of alkyl halides is 1. The Kier molecular flexibility index (Phi) is 7.57. The molecule has 0 aliphatic carbocycles. The van der Waals surface area contributed by atoms with Crippen molar-refractivity contribution in [1.29, 1.82) is 0 Å². The molecule has 1 N–H and O–H groups in total. The van der Waals surface area contributed by atoms with E-state index >= 15 is 0 Å². The van der Waals surface area contributed by atoms with Gasteiger partial charge in [0.2, 0.25) is 0 Å². The quantitative estimate of drug-likeness (QED) is 0.585. The summed E-state index contributed by atoms with van der Waals surface area (Å²) in [6.07, 6.45) is 1.38. The van der Waals surface area contributed by atoms with Gasteiger partial charge < -0.3 is 14.8 Å². The van der Waals surface area contributed by atoms with E-state index in [0.29, 0.717) is 13.2 Å². The Morgan fingerprint density at radius 2 is 1.86 bits per heavy atom. The van der Waals surface area contributed by atoms with Crippen LogP contribution in [-0.4, -0.2) is 24.8 Å². The fourth-order valence-electron chi connectivity index (χ4n) is 1.60. The smallest absolute Gasteiger partial charge is 0.407 e. The van der Waals surface area contributed by atoms with Gasteiger partial charge in [0.05, 0.1) is 6.61 Å². The summed E-state index contributed by atoms with van der Waals surface area (Å²) in [5.74, 6) is 0.875. The monoisotopic (exact) mass is 357 g/mol. The molecule has 4 nitrogen and oxygen atoms in total. The zero-order chi connectivity index (χ0) is 15.7. The van der Waals surface area contributed by atoms with Gasteiger partial charge in [-0.05, 0) is 51.3 Å². The van der Waals surface area contributed by atoms with Gasteiger partial charge in [0.25, 0.3) is 0 Å². The minimum absolute atomic E-state index is 0.367. The Bertz CT molecular complexity index is 426. The third kappa shape index (κ3) is 8.60. The fourth-order valence-corrected chi connectivity index (χ4v) is 1.97. The van der Waals surface area contributed by atoms with Crippen LogP contribution >= 0.6 is 15.9 Å². The number of hydrogen-bond donors (Lipinski definition) is 1. The van der Waals surface area contributed by atoms with E-state index in [1.165, 1.54) is 5.56 Å². The minimum atomic E-state index is -0.450. The van der Waals surface area contributed by atoms with Crippen molar-refractivity contribution in [3.05, 3.63) is 29.8 Å². The van der Waals surface area contributed by atoms with E-state index in [4.69, 9.17) is 9.47 Å². The predicted molar refractivity (Wildman–Crippen MR) is 88.0 cm³/mol. The zero-order valence-corrected chi connectivity index (χ0v) is 14.5. The van der Waals surface area contributed by atoms with Gasteiger partial charge in [0, 0.05) is 11.9 Å². The van der Waals surface area contributed by atoms with Crippen molar-refractivity contribution in [3.63, 3.8) is 0 Å². The summed E-state index contributed by atoms with van der Waals surface area (Å²) in [6.45, 7) is 6.79. The first kappa shape index (κ1) is 17.8. The van der Waals surface area contributed by atoms with Gasteiger partial charge in [-0.15, -0.1) is 0 Å². The molecule has 0 spiro atoms. The first-order valence-electron chi connectivity index (χ1n) is 7.15. The lowest BCUT2D eigenvalue weighted by Crippen LogP contribution is -2.33. The van der Waals surface area contributed by atoms with Crippen LogP contribution in [0.3, 0.4) is 0 Å². The van der Waals surface area contributed by atoms with E-state index in [1.54, 1.807) is 0 Å². The van der Waals surface area contributed by atoms with Gasteiger partial charge in [0.15, 0.2) is 0 Å². The third-order valence-corrected chi connectivity index (χ3v) is 3.23. The Morgan fingerprint density at radius 1 is 1.19 bits per heavy atom. The second-order valence-corrected chi connectivity index (χ2v) is 6.32. The third-order valence-electron chi connectivity index (χ3n) is 2.59. The average Bonchev–Trinajstić information content (AvgIpc) is 2.41. The summed E-state index contributed by atoms with van der Waals surface area (Å²) in [5, 5.41) is 3.58. The largest absolute Gasteiger partial charge is 0.494 e. The molecule has 1 aromatic rings. The maximum absolute atomic E-state index is 11.4. The Labute approximate surface area is 135 Å². The number of amides is 1. The number of alkyl carbamates (subject to hydrolysis) is 1. The molecule has 0 fully saturated rings. The van der Waals surface area contributed by atoms with Crippen LogP contribution in [-0.2, 0) is 10.1 Å². The van der Waals surface area contributed by atoms with E-state index in [2.05, 4.69) is 21.2 Å². The standard InChI is InChI=1S/C16H24BrNO3/c1-16(2,3)21-15(19)18-10-4-5-11-20-14-8-6-13(12-17)7-9-14/h6-9H,4-5,10-12H2,1-3H3,(H,18,19). The SMILES string of the molecule is CC(C)(C)OC(=O)NCCCCOc1ccc(CBr)cc1. The van der Waals surface area contributed by atoms with E-state index in [9.17, 15) is 4.79 Å². The van der Waals surface area contributed by atoms with Crippen molar-refractivity contribution in [2.24, 2.45) is 0 Å². The Hall–Kier alpha value is -1.23. The molecule has 0 saturated carbocycles. The average molecular weight is 358 g/mol. The summed E-state index contributed by atoms with van der Waals surface area (Å²) in [6, 6.07) is 8.01. The second kappa shape index (κ2) is 8.93. The van der Waals surface area contributed by atoms with Crippen molar-refractivity contribution in [2.45, 2.75) is 44.5 Å². The van der Waals surface area contributed by atoms with E-state index in [1.807, 2.05) is 45.0 Å². The maximum Gasteiger partial charge on any atom is 0.407 e. The molecule has 0 aliphatic heterocycles. The minimum Gasteiger partial charge on any atom is -0.494 e. The molecule has 0 radical (unpaired) electrons. The van der Waals surface area contributed by atoms with Crippen LogP contribution in [0.15, 0.2) is 24.3 Å². The fraction of sp³-hybridized carbons (Fsp3) is 0.562. The summed E-state index contributed by atoms with van der Waals surface area (Å²) in [7, 11) is 0. The van der Waals surface area contributed by atoms with Crippen molar-refractivity contribution >= 4 is 22.0 Å². The maximum atomic E-state index is 11.4. The molecule has 0 bridgehead atoms. The summed E-state index contributed by atoms with van der Waals surface area (Å²) < 4.78 is 10.8. The summed E-state index contributed by atoms with van der Waals surface area (Å²) in [5.41, 5.74) is 0.776. The molecule has 1 rings (SSSR count). The molecule has 1 aromatic carbocycles. The molecule has 0 atom stereocenters. The van der Waals surface area contributed by atoms with Gasteiger partial charge in [0.1, 0.15) is 11.4 Å².